The topological polar surface area (TPSA) is 12.0 Å². The van der Waals surface area contributed by atoms with Crippen molar-refractivity contribution in [1.29, 1.82) is 0 Å². The lowest BCUT2D eigenvalue weighted by molar-refractivity contribution is -0.138. The van der Waals surface area contributed by atoms with Gasteiger partial charge in [0.25, 0.3) is 0 Å². The Labute approximate surface area is 103 Å². The average molecular weight is 264 g/mol. The van der Waals surface area contributed by atoms with Gasteiger partial charge in [0.2, 0.25) is 0 Å². The van der Waals surface area contributed by atoms with Gasteiger partial charge >= 0.3 is 6.18 Å². The van der Waals surface area contributed by atoms with Crippen LogP contribution in [-0.2, 0) is 12.7 Å². The number of hydrogen-bond acceptors (Lipinski definition) is 1. The van der Waals surface area contributed by atoms with Crippen molar-refractivity contribution in [3.63, 3.8) is 0 Å². The largest absolute Gasteiger partial charge is 0.416 e. The van der Waals surface area contributed by atoms with Gasteiger partial charge in [-0.15, -0.1) is 0 Å². The lowest BCUT2D eigenvalue weighted by atomic mass is 10.1. The van der Waals surface area contributed by atoms with Gasteiger partial charge in [-0.1, -0.05) is 29.8 Å². The van der Waals surface area contributed by atoms with E-state index >= 15 is 0 Å². The Morgan fingerprint density at radius 3 is 2.59 bits per heavy atom. The van der Waals surface area contributed by atoms with Crippen LogP contribution in [0.5, 0.6) is 0 Å². The maximum atomic E-state index is 12.6. The molecule has 5 heteroatoms. The van der Waals surface area contributed by atoms with Gasteiger partial charge in [0, 0.05) is 18.6 Å². The fraction of sp³-hybridized carbons (Fsp3) is 0.333. The monoisotopic (exact) mass is 263 g/mol. The maximum absolute atomic E-state index is 12.6. The van der Waals surface area contributed by atoms with Crippen LogP contribution in [0.3, 0.4) is 0 Å². The first kappa shape index (κ1) is 14.1. The third-order valence-corrected chi connectivity index (χ3v) is 2.60. The minimum absolute atomic E-state index is 0.164. The minimum Gasteiger partial charge on any atom is -0.309 e. The lowest BCUT2D eigenvalue weighted by Crippen LogP contribution is -2.19. The average Bonchev–Trinajstić information content (AvgIpc) is 2.28. The van der Waals surface area contributed by atoms with Crippen LogP contribution in [0.25, 0.3) is 0 Å². The summed E-state index contributed by atoms with van der Waals surface area (Å²) >= 11 is 5.46. The van der Waals surface area contributed by atoms with Gasteiger partial charge in [0.05, 0.1) is 5.56 Å². The third kappa shape index (κ3) is 4.40. The summed E-state index contributed by atoms with van der Waals surface area (Å²) in [4.78, 5) is 0. The van der Waals surface area contributed by atoms with E-state index in [2.05, 4.69) is 5.32 Å². The molecule has 0 aliphatic heterocycles. The Balaban J connectivity index is 2.71. The molecule has 0 spiro atoms. The molecule has 1 N–H and O–H groups in total. The highest BCUT2D eigenvalue weighted by molar-refractivity contribution is 6.25. The molecule has 0 aromatic heterocycles. The molecule has 0 saturated carbocycles. The summed E-state index contributed by atoms with van der Waals surface area (Å²) in [5.74, 6) is 0. The highest BCUT2D eigenvalue weighted by Crippen LogP contribution is 2.31. The summed E-state index contributed by atoms with van der Waals surface area (Å²) in [6, 6.07) is 5.53. The van der Waals surface area contributed by atoms with Crippen molar-refractivity contribution in [3.8, 4) is 0 Å². The molecular formula is C12H13ClF3N. The van der Waals surface area contributed by atoms with Gasteiger partial charge in [-0.25, -0.2) is 0 Å². The van der Waals surface area contributed by atoms with E-state index in [0.29, 0.717) is 6.54 Å². The molecule has 0 unspecified atom stereocenters. The van der Waals surface area contributed by atoms with Gasteiger partial charge < -0.3 is 5.32 Å². The molecule has 0 atom stereocenters. The standard InChI is InChI=1S/C12H13ClF3N/c1-9(6-13)7-17-8-10-4-2-3-5-11(10)12(14,15)16/h2-6,17H,7-8H2,1H3/b9-6-. The number of benzene rings is 1. The Morgan fingerprint density at radius 2 is 2.00 bits per heavy atom. The van der Waals surface area contributed by atoms with Gasteiger partial charge in [-0.05, 0) is 24.1 Å². The molecule has 0 saturated heterocycles. The molecule has 0 aliphatic rings. The molecule has 17 heavy (non-hydrogen) atoms. The second kappa shape index (κ2) is 6.07. The molecule has 0 fully saturated rings. The second-order valence-electron chi connectivity index (χ2n) is 3.71. The van der Waals surface area contributed by atoms with E-state index in [1.807, 2.05) is 0 Å². The molecule has 0 amide bonds. The minimum atomic E-state index is -4.31. The maximum Gasteiger partial charge on any atom is 0.416 e. The number of rotatable bonds is 4. The van der Waals surface area contributed by atoms with Crippen molar-refractivity contribution < 1.29 is 13.2 Å². The van der Waals surface area contributed by atoms with Crippen LogP contribution in [-0.4, -0.2) is 6.54 Å². The van der Waals surface area contributed by atoms with Gasteiger partial charge in [0.15, 0.2) is 0 Å². The Bertz CT molecular complexity index is 399. The van der Waals surface area contributed by atoms with Crippen molar-refractivity contribution in [2.45, 2.75) is 19.6 Å². The van der Waals surface area contributed by atoms with Crippen LogP contribution in [0.1, 0.15) is 18.1 Å². The normalized spacial score (nSPS) is 12.9. The van der Waals surface area contributed by atoms with E-state index in [9.17, 15) is 13.2 Å². The smallest absolute Gasteiger partial charge is 0.309 e. The lowest BCUT2D eigenvalue weighted by Gasteiger charge is -2.13. The van der Waals surface area contributed by atoms with E-state index in [0.717, 1.165) is 11.6 Å². The number of nitrogens with one attached hydrogen (secondary N) is 1. The fourth-order valence-corrected chi connectivity index (χ4v) is 1.46. The van der Waals surface area contributed by atoms with Crippen LogP contribution >= 0.6 is 11.6 Å². The molecule has 0 aliphatic carbocycles. The van der Waals surface area contributed by atoms with Gasteiger partial charge in [-0.3, -0.25) is 0 Å². The highest BCUT2D eigenvalue weighted by Gasteiger charge is 2.32. The molecule has 0 heterocycles. The summed E-state index contributed by atoms with van der Waals surface area (Å²) in [5, 5.41) is 2.91. The number of halogens is 4. The van der Waals surface area contributed by atoms with Gasteiger partial charge in [-0.2, -0.15) is 13.2 Å². The van der Waals surface area contributed by atoms with Crippen LogP contribution < -0.4 is 5.32 Å². The first-order chi connectivity index (χ1) is 7.95. The van der Waals surface area contributed by atoms with Crippen LogP contribution in [0.15, 0.2) is 35.4 Å². The quantitative estimate of drug-likeness (QED) is 0.868. The summed E-state index contributed by atoms with van der Waals surface area (Å²) in [5.41, 5.74) is 1.92. The van der Waals surface area contributed by atoms with Crippen molar-refractivity contribution >= 4 is 11.6 Å². The van der Waals surface area contributed by atoms with Crippen molar-refractivity contribution in [2.24, 2.45) is 0 Å². The van der Waals surface area contributed by atoms with E-state index in [1.165, 1.54) is 17.7 Å². The summed E-state index contributed by atoms with van der Waals surface area (Å²) < 4.78 is 37.9. The predicted molar refractivity (Wildman–Crippen MR) is 62.8 cm³/mol. The van der Waals surface area contributed by atoms with Crippen molar-refractivity contribution in [2.75, 3.05) is 6.54 Å². The van der Waals surface area contributed by atoms with Crippen LogP contribution in [0.4, 0.5) is 13.2 Å². The van der Waals surface area contributed by atoms with Crippen LogP contribution in [0.2, 0.25) is 0 Å². The SMILES string of the molecule is C/C(=C/Cl)CNCc1ccccc1C(F)(F)F. The predicted octanol–water partition coefficient (Wildman–Crippen LogP) is 3.94. The van der Waals surface area contributed by atoms with Crippen molar-refractivity contribution in [1.82, 2.24) is 5.32 Å². The first-order valence-corrected chi connectivity index (χ1v) is 5.50. The molecule has 1 nitrogen and oxygen atoms in total. The van der Waals surface area contributed by atoms with Crippen molar-refractivity contribution in [3.05, 3.63) is 46.5 Å². The van der Waals surface area contributed by atoms with E-state index in [4.69, 9.17) is 11.6 Å². The molecule has 1 aromatic rings. The van der Waals surface area contributed by atoms with E-state index in [1.54, 1.807) is 13.0 Å². The zero-order chi connectivity index (χ0) is 12.9. The zero-order valence-corrected chi connectivity index (χ0v) is 10.1. The third-order valence-electron chi connectivity index (χ3n) is 2.23. The Hall–Kier alpha value is -1.00. The molecule has 94 valence electrons. The molecular weight excluding hydrogens is 251 g/mol. The number of hydrogen-bond donors (Lipinski definition) is 1. The van der Waals surface area contributed by atoms with Gasteiger partial charge in [0.1, 0.15) is 0 Å². The first-order valence-electron chi connectivity index (χ1n) is 5.07. The Kier molecular flexibility index (Phi) is 5.02. The number of alkyl halides is 3. The second-order valence-corrected chi connectivity index (χ2v) is 3.93. The fourth-order valence-electron chi connectivity index (χ4n) is 1.38. The van der Waals surface area contributed by atoms with E-state index < -0.39 is 11.7 Å². The summed E-state index contributed by atoms with van der Waals surface area (Å²) in [7, 11) is 0. The Morgan fingerprint density at radius 1 is 1.35 bits per heavy atom. The summed E-state index contributed by atoms with van der Waals surface area (Å²) in [6.07, 6.45) is -4.31. The molecule has 0 bridgehead atoms. The molecule has 0 radical (unpaired) electrons. The molecule has 1 rings (SSSR count). The zero-order valence-electron chi connectivity index (χ0n) is 9.31. The van der Waals surface area contributed by atoms with Crippen LogP contribution in [0, 0.1) is 0 Å². The molecule has 1 aromatic carbocycles. The summed E-state index contributed by atoms with van der Waals surface area (Å²) in [6.45, 7) is 2.43. The van der Waals surface area contributed by atoms with E-state index in [-0.39, 0.29) is 12.1 Å². The highest BCUT2D eigenvalue weighted by atomic mass is 35.5.